The largest absolute Gasteiger partial charge is 0.416 e. The Morgan fingerprint density at radius 2 is 1.68 bits per heavy atom. The fraction of sp³-hybridized carbons (Fsp3) is 0.0857. The lowest BCUT2D eigenvalue weighted by Crippen LogP contribution is -2.20. The summed E-state index contributed by atoms with van der Waals surface area (Å²) in [6.45, 7) is 0. The Kier molecular flexibility index (Phi) is 6.39. The van der Waals surface area contributed by atoms with Gasteiger partial charge in [-0.3, -0.25) is 24.1 Å². The Hall–Kier alpha value is -5.57. The number of nitrogens with zero attached hydrogens (tertiary/aromatic N) is 3. The van der Waals surface area contributed by atoms with Crippen molar-refractivity contribution in [1.82, 2.24) is 14.5 Å². The van der Waals surface area contributed by atoms with Crippen molar-refractivity contribution in [3.63, 3.8) is 0 Å². The zero-order chi connectivity index (χ0) is 30.6. The Balaban J connectivity index is 1.42. The van der Waals surface area contributed by atoms with Gasteiger partial charge in [0.2, 0.25) is 5.91 Å². The highest BCUT2D eigenvalue weighted by molar-refractivity contribution is 6.05. The molecule has 6 aromatic rings. The van der Waals surface area contributed by atoms with Gasteiger partial charge in [0.05, 0.1) is 22.1 Å². The number of para-hydroxylation sites is 1. The summed E-state index contributed by atoms with van der Waals surface area (Å²) in [4.78, 5) is 34.0. The minimum Gasteiger partial charge on any atom is -0.366 e. The van der Waals surface area contributed by atoms with E-state index in [0.29, 0.717) is 21.8 Å². The first-order valence-corrected chi connectivity index (χ1v) is 13.9. The number of hydrogen-bond donors (Lipinski definition) is 1. The molecule has 0 bridgehead atoms. The summed E-state index contributed by atoms with van der Waals surface area (Å²) in [5.74, 6) is -1.25. The van der Waals surface area contributed by atoms with E-state index in [1.165, 1.54) is 34.9 Å². The number of pyridine rings is 3. The van der Waals surface area contributed by atoms with Crippen LogP contribution in [-0.2, 0) is 11.0 Å². The molecule has 44 heavy (non-hydrogen) atoms. The molecule has 3 aromatic carbocycles. The third-order valence-corrected chi connectivity index (χ3v) is 8.03. The Bertz CT molecular complexity index is 2270. The van der Waals surface area contributed by atoms with Crippen molar-refractivity contribution in [2.24, 2.45) is 5.73 Å². The molecule has 6 nitrogen and oxygen atoms in total. The summed E-state index contributed by atoms with van der Waals surface area (Å²) < 4.78 is 44.8. The monoisotopic (exact) mass is 588 g/mol. The number of rotatable bonds is 4. The predicted molar refractivity (Wildman–Crippen MR) is 164 cm³/mol. The molecule has 0 saturated heterocycles. The minimum absolute atomic E-state index is 0.0446. The van der Waals surface area contributed by atoms with Crippen molar-refractivity contribution in [3.8, 4) is 16.8 Å². The first-order valence-electron chi connectivity index (χ1n) is 13.9. The van der Waals surface area contributed by atoms with Gasteiger partial charge in [0.1, 0.15) is 0 Å². The number of allylic oxidation sites excluding steroid dienone is 2. The molecule has 0 radical (unpaired) electrons. The van der Waals surface area contributed by atoms with Crippen LogP contribution in [0.5, 0.6) is 0 Å². The molecule has 2 N–H and O–H groups in total. The molecule has 1 aliphatic carbocycles. The number of benzene rings is 3. The lowest BCUT2D eigenvalue weighted by molar-refractivity contribution is -0.138. The molecule has 1 aliphatic rings. The molecule has 7 rings (SSSR count). The van der Waals surface area contributed by atoms with Gasteiger partial charge < -0.3 is 5.73 Å². The van der Waals surface area contributed by atoms with Crippen LogP contribution in [0, 0.1) is 0 Å². The van der Waals surface area contributed by atoms with E-state index in [1.54, 1.807) is 24.5 Å². The molecule has 1 atom stereocenters. The zero-order valence-corrected chi connectivity index (χ0v) is 23.0. The molecule has 0 aliphatic heterocycles. The van der Waals surface area contributed by atoms with Crippen molar-refractivity contribution in [3.05, 3.63) is 137 Å². The number of primary amides is 1. The first-order chi connectivity index (χ1) is 21.2. The molecule has 216 valence electrons. The van der Waals surface area contributed by atoms with Crippen LogP contribution in [0.15, 0.2) is 120 Å². The Morgan fingerprint density at radius 1 is 0.864 bits per heavy atom. The summed E-state index contributed by atoms with van der Waals surface area (Å²) >= 11 is 0. The van der Waals surface area contributed by atoms with Crippen LogP contribution < -0.4 is 11.3 Å². The van der Waals surface area contributed by atoms with E-state index < -0.39 is 29.1 Å². The maximum Gasteiger partial charge on any atom is 0.416 e. The van der Waals surface area contributed by atoms with E-state index >= 15 is 0 Å². The van der Waals surface area contributed by atoms with E-state index in [9.17, 15) is 22.8 Å². The van der Waals surface area contributed by atoms with Crippen molar-refractivity contribution in [1.29, 1.82) is 0 Å². The summed E-state index contributed by atoms with van der Waals surface area (Å²) in [7, 11) is 0. The van der Waals surface area contributed by atoms with Crippen LogP contribution in [-0.4, -0.2) is 20.4 Å². The normalized spacial score (nSPS) is 15.2. The average Bonchev–Trinajstić information content (AvgIpc) is 3.03. The number of alkyl halides is 3. The number of aromatic nitrogens is 3. The number of fused-ring (bicyclic) bond motifs is 4. The molecule has 0 spiro atoms. The SMILES string of the molecule is NC(=O)C1=CCC(c2ccc(-n3c(=O)ccc4cnc5ccc(-c6cnc7ccccc7c6)cc5c43)cc2C(F)(F)F)C=C1. The van der Waals surface area contributed by atoms with Crippen LogP contribution in [0.25, 0.3) is 49.5 Å². The van der Waals surface area contributed by atoms with Gasteiger partial charge in [-0.05, 0) is 60.0 Å². The van der Waals surface area contributed by atoms with Crippen LogP contribution >= 0.6 is 0 Å². The average molecular weight is 589 g/mol. The highest BCUT2D eigenvalue weighted by Gasteiger charge is 2.35. The zero-order valence-electron chi connectivity index (χ0n) is 23.0. The molecule has 0 fully saturated rings. The molecular formula is C35H23F3N4O2. The van der Waals surface area contributed by atoms with Crippen molar-refractivity contribution in [2.75, 3.05) is 0 Å². The quantitative estimate of drug-likeness (QED) is 0.220. The second-order valence-corrected chi connectivity index (χ2v) is 10.7. The predicted octanol–water partition coefficient (Wildman–Crippen LogP) is 7.23. The van der Waals surface area contributed by atoms with Gasteiger partial charge in [-0.15, -0.1) is 0 Å². The minimum atomic E-state index is -4.69. The smallest absolute Gasteiger partial charge is 0.366 e. The van der Waals surface area contributed by atoms with Crippen LogP contribution in [0.1, 0.15) is 23.5 Å². The molecular weight excluding hydrogens is 565 g/mol. The lowest BCUT2D eigenvalue weighted by atomic mass is 9.86. The van der Waals surface area contributed by atoms with Gasteiger partial charge >= 0.3 is 6.18 Å². The van der Waals surface area contributed by atoms with Crippen LogP contribution in [0.3, 0.4) is 0 Å². The number of hydrogen-bond acceptors (Lipinski definition) is 4. The topological polar surface area (TPSA) is 90.9 Å². The molecule has 0 saturated carbocycles. The number of carbonyl (C=O) groups excluding carboxylic acids is 1. The van der Waals surface area contributed by atoms with Gasteiger partial charge in [-0.1, -0.05) is 48.6 Å². The number of halogens is 3. The van der Waals surface area contributed by atoms with E-state index in [-0.39, 0.29) is 23.2 Å². The second kappa shape index (κ2) is 10.3. The number of amides is 1. The third kappa shape index (κ3) is 4.72. The van der Waals surface area contributed by atoms with Gasteiger partial charge in [-0.2, -0.15) is 13.2 Å². The fourth-order valence-electron chi connectivity index (χ4n) is 5.86. The van der Waals surface area contributed by atoms with Gasteiger partial charge in [0, 0.05) is 57.4 Å². The van der Waals surface area contributed by atoms with E-state index in [1.807, 2.05) is 48.5 Å². The second-order valence-electron chi connectivity index (χ2n) is 10.7. The molecule has 1 unspecified atom stereocenters. The van der Waals surface area contributed by atoms with Gasteiger partial charge in [0.25, 0.3) is 5.56 Å². The summed E-state index contributed by atoms with van der Waals surface area (Å²) in [5, 5.41) is 2.18. The maximum atomic E-state index is 14.5. The van der Waals surface area contributed by atoms with E-state index in [0.717, 1.165) is 28.1 Å². The van der Waals surface area contributed by atoms with Crippen LogP contribution in [0.2, 0.25) is 0 Å². The van der Waals surface area contributed by atoms with Crippen LogP contribution in [0.4, 0.5) is 13.2 Å². The Labute approximate surface area is 248 Å². The summed E-state index contributed by atoms with van der Waals surface area (Å²) in [6.07, 6.45) is 3.41. The summed E-state index contributed by atoms with van der Waals surface area (Å²) in [5.41, 5.74) is 7.94. The number of nitrogens with two attached hydrogens (primary N) is 1. The molecule has 3 aromatic heterocycles. The van der Waals surface area contributed by atoms with E-state index in [2.05, 4.69) is 9.97 Å². The van der Waals surface area contributed by atoms with Gasteiger partial charge in [-0.25, -0.2) is 0 Å². The fourth-order valence-corrected chi connectivity index (χ4v) is 5.86. The molecule has 3 heterocycles. The highest BCUT2D eigenvalue weighted by Crippen LogP contribution is 2.40. The first kappa shape index (κ1) is 27.3. The third-order valence-electron chi connectivity index (χ3n) is 8.03. The van der Waals surface area contributed by atoms with Crippen molar-refractivity contribution >= 4 is 38.6 Å². The summed E-state index contributed by atoms with van der Waals surface area (Å²) in [6, 6.07) is 22.3. The lowest BCUT2D eigenvalue weighted by Gasteiger charge is -2.22. The van der Waals surface area contributed by atoms with E-state index in [4.69, 9.17) is 5.73 Å². The Morgan fingerprint density at radius 3 is 2.45 bits per heavy atom. The molecule has 1 amide bonds. The highest BCUT2D eigenvalue weighted by atomic mass is 19.4. The van der Waals surface area contributed by atoms with Crippen molar-refractivity contribution in [2.45, 2.75) is 18.5 Å². The van der Waals surface area contributed by atoms with Gasteiger partial charge in [0.15, 0.2) is 0 Å². The van der Waals surface area contributed by atoms with Crippen molar-refractivity contribution < 1.29 is 18.0 Å². The maximum absolute atomic E-state index is 14.5. The standard InChI is InChI=1S/C35H23F3N4O2/c36-35(37,38)29-17-26(11-12-27(29)20-5-7-21(8-6-20)34(39)44)42-32(43)14-10-24-18-41-31-13-9-22(16-28(31)33(24)42)25-15-23-3-1-2-4-30(23)40-19-25/h1-5,7-20H,6H2,(H2,39,44). The molecule has 9 heteroatoms. The number of carbonyl (C=O) groups is 1.